The van der Waals surface area contributed by atoms with Gasteiger partial charge in [-0.05, 0) is 55.0 Å². The van der Waals surface area contributed by atoms with Crippen LogP contribution < -0.4 is 15.0 Å². The van der Waals surface area contributed by atoms with E-state index in [0.29, 0.717) is 33.8 Å². The lowest BCUT2D eigenvalue weighted by atomic mass is 10.0. The molecule has 1 amide bonds. The third-order valence-electron chi connectivity index (χ3n) is 6.21. The van der Waals surface area contributed by atoms with E-state index in [1.54, 1.807) is 30.0 Å². The maximum absolute atomic E-state index is 13.6. The van der Waals surface area contributed by atoms with Gasteiger partial charge >= 0.3 is 0 Å². The van der Waals surface area contributed by atoms with Crippen molar-refractivity contribution in [3.05, 3.63) is 64.1 Å². The Morgan fingerprint density at radius 1 is 0.938 bits per heavy atom. The summed E-state index contributed by atoms with van der Waals surface area (Å²) in [6.45, 7) is 5.70. The second-order valence-electron chi connectivity index (χ2n) is 8.57. The first-order chi connectivity index (χ1) is 15.4. The number of nitrogens with zero attached hydrogens (tertiary/aromatic N) is 2. The van der Waals surface area contributed by atoms with Gasteiger partial charge in [-0.15, -0.1) is 0 Å². The number of rotatable bonds is 5. The van der Waals surface area contributed by atoms with Crippen LogP contribution in [-0.4, -0.2) is 42.7 Å². The number of methoxy groups -OCH3 is 2. The lowest BCUT2D eigenvalue weighted by Crippen LogP contribution is -2.36. The Balaban J connectivity index is 1.99. The summed E-state index contributed by atoms with van der Waals surface area (Å²) < 4.78 is 12.5. The van der Waals surface area contributed by atoms with Crippen LogP contribution in [0.25, 0.3) is 16.5 Å². The first-order valence-corrected chi connectivity index (χ1v) is 11.2. The molecule has 0 saturated carbocycles. The highest BCUT2D eigenvalue weighted by molar-refractivity contribution is 6.07. The van der Waals surface area contributed by atoms with Gasteiger partial charge in [0.15, 0.2) is 11.5 Å². The summed E-state index contributed by atoms with van der Waals surface area (Å²) in [5, 5.41) is 1.01. The molecular formula is C26H30N2O4. The number of piperidine rings is 1. The standard InChI is InChI=1S/C26H30N2O4/c1-17(2)18-9-8-10-19(13-18)28-16-22(25(29)27-11-6-5-7-12-27)20-14-23(31-3)24(32-4)15-21(20)26(28)30/h8-10,13-17H,5-7,11-12H2,1-4H3. The predicted octanol–water partition coefficient (Wildman–Crippen LogP) is 4.76. The molecular weight excluding hydrogens is 404 g/mol. The minimum absolute atomic E-state index is 0.0596. The second kappa shape index (κ2) is 9.07. The van der Waals surface area contributed by atoms with Gasteiger partial charge in [0, 0.05) is 30.4 Å². The molecule has 0 spiro atoms. The topological polar surface area (TPSA) is 60.8 Å². The summed E-state index contributed by atoms with van der Waals surface area (Å²) >= 11 is 0. The molecule has 32 heavy (non-hydrogen) atoms. The molecule has 0 unspecified atom stereocenters. The smallest absolute Gasteiger partial charge is 0.263 e. The number of amides is 1. The molecule has 1 saturated heterocycles. The average molecular weight is 435 g/mol. The first-order valence-electron chi connectivity index (χ1n) is 11.2. The number of hydrogen-bond acceptors (Lipinski definition) is 4. The van der Waals surface area contributed by atoms with E-state index >= 15 is 0 Å². The molecule has 4 rings (SSSR count). The molecule has 0 bridgehead atoms. The molecule has 6 heteroatoms. The quantitative estimate of drug-likeness (QED) is 0.581. The molecule has 168 valence electrons. The van der Waals surface area contributed by atoms with Gasteiger partial charge in [0.25, 0.3) is 11.5 Å². The zero-order chi connectivity index (χ0) is 22.8. The van der Waals surface area contributed by atoms with Gasteiger partial charge in [0.05, 0.1) is 25.2 Å². The number of carbonyl (C=O) groups excluding carboxylic acids is 1. The summed E-state index contributed by atoms with van der Waals surface area (Å²) in [5.41, 5.74) is 2.17. The van der Waals surface area contributed by atoms with Gasteiger partial charge in [-0.3, -0.25) is 14.2 Å². The van der Waals surface area contributed by atoms with E-state index in [-0.39, 0.29) is 11.5 Å². The number of pyridine rings is 1. The maximum Gasteiger partial charge on any atom is 0.263 e. The fourth-order valence-corrected chi connectivity index (χ4v) is 4.33. The highest BCUT2D eigenvalue weighted by Crippen LogP contribution is 2.33. The maximum atomic E-state index is 13.6. The summed E-state index contributed by atoms with van der Waals surface area (Å²) in [4.78, 5) is 29.0. The van der Waals surface area contributed by atoms with Crippen molar-refractivity contribution >= 4 is 16.7 Å². The minimum atomic E-state index is -0.197. The average Bonchev–Trinajstić information content (AvgIpc) is 2.83. The number of carbonyl (C=O) groups is 1. The van der Waals surface area contributed by atoms with Crippen LogP contribution in [-0.2, 0) is 0 Å². The van der Waals surface area contributed by atoms with Crippen molar-refractivity contribution in [2.24, 2.45) is 0 Å². The Kier molecular flexibility index (Phi) is 6.21. The van der Waals surface area contributed by atoms with Crippen molar-refractivity contribution in [2.75, 3.05) is 27.3 Å². The summed E-state index contributed by atoms with van der Waals surface area (Å²) in [6, 6.07) is 11.3. The molecule has 2 aromatic carbocycles. The number of aromatic nitrogens is 1. The summed E-state index contributed by atoms with van der Waals surface area (Å²) in [6.07, 6.45) is 4.82. The molecule has 0 N–H and O–H groups in total. The van der Waals surface area contributed by atoms with E-state index in [2.05, 4.69) is 13.8 Å². The normalized spacial score (nSPS) is 14.1. The predicted molar refractivity (Wildman–Crippen MR) is 126 cm³/mol. The van der Waals surface area contributed by atoms with Crippen molar-refractivity contribution in [1.82, 2.24) is 9.47 Å². The number of likely N-dealkylation sites (tertiary alicyclic amines) is 1. The monoisotopic (exact) mass is 434 g/mol. The van der Waals surface area contributed by atoms with Crippen LogP contribution in [0.4, 0.5) is 0 Å². The van der Waals surface area contributed by atoms with Crippen molar-refractivity contribution < 1.29 is 14.3 Å². The molecule has 2 heterocycles. The highest BCUT2D eigenvalue weighted by atomic mass is 16.5. The Morgan fingerprint density at radius 3 is 2.22 bits per heavy atom. The minimum Gasteiger partial charge on any atom is -0.493 e. The number of hydrogen-bond donors (Lipinski definition) is 0. The molecule has 1 aliphatic heterocycles. The molecule has 1 aliphatic rings. The van der Waals surface area contributed by atoms with Gasteiger partial charge in [-0.1, -0.05) is 26.0 Å². The molecule has 0 aliphatic carbocycles. The summed E-state index contributed by atoms with van der Waals surface area (Å²) in [5.74, 6) is 1.22. The Hall–Kier alpha value is -3.28. The second-order valence-corrected chi connectivity index (χ2v) is 8.57. The van der Waals surface area contributed by atoms with Gasteiger partial charge < -0.3 is 14.4 Å². The fraction of sp³-hybridized carbons (Fsp3) is 0.385. The van der Waals surface area contributed by atoms with Crippen LogP contribution in [0.1, 0.15) is 54.9 Å². The van der Waals surface area contributed by atoms with E-state index < -0.39 is 0 Å². The Bertz CT molecular complexity index is 1210. The molecule has 1 aromatic heterocycles. The van der Waals surface area contributed by atoms with Crippen molar-refractivity contribution in [2.45, 2.75) is 39.0 Å². The third-order valence-corrected chi connectivity index (χ3v) is 6.21. The third kappa shape index (κ3) is 3.97. The number of fused-ring (bicyclic) bond motifs is 1. The molecule has 3 aromatic rings. The van der Waals surface area contributed by atoms with Gasteiger partial charge in [0.2, 0.25) is 0 Å². The van der Waals surface area contributed by atoms with E-state index in [1.165, 1.54) is 7.11 Å². The number of benzene rings is 2. The Morgan fingerprint density at radius 2 is 1.59 bits per heavy atom. The van der Waals surface area contributed by atoms with Crippen LogP contribution in [0, 0.1) is 0 Å². The first kappa shape index (κ1) is 21.9. The SMILES string of the molecule is COc1cc2c(C(=O)N3CCCCC3)cn(-c3cccc(C(C)C)c3)c(=O)c2cc1OC. The zero-order valence-corrected chi connectivity index (χ0v) is 19.2. The van der Waals surface area contributed by atoms with Crippen LogP contribution in [0.15, 0.2) is 47.4 Å². The molecule has 0 atom stereocenters. The number of ether oxygens (including phenoxy) is 2. The van der Waals surface area contributed by atoms with Crippen molar-refractivity contribution in [3.63, 3.8) is 0 Å². The highest BCUT2D eigenvalue weighted by Gasteiger charge is 2.24. The van der Waals surface area contributed by atoms with E-state index in [1.807, 2.05) is 29.2 Å². The van der Waals surface area contributed by atoms with E-state index in [9.17, 15) is 9.59 Å². The van der Waals surface area contributed by atoms with Gasteiger partial charge in [-0.25, -0.2) is 0 Å². The van der Waals surface area contributed by atoms with E-state index in [4.69, 9.17) is 9.47 Å². The van der Waals surface area contributed by atoms with Gasteiger partial charge in [0.1, 0.15) is 0 Å². The molecule has 1 fully saturated rings. The van der Waals surface area contributed by atoms with Crippen molar-refractivity contribution in [1.29, 1.82) is 0 Å². The van der Waals surface area contributed by atoms with Crippen LogP contribution >= 0.6 is 0 Å². The lowest BCUT2D eigenvalue weighted by molar-refractivity contribution is 0.0725. The Labute approximate surface area is 188 Å². The van der Waals surface area contributed by atoms with Crippen LogP contribution in [0.5, 0.6) is 11.5 Å². The van der Waals surface area contributed by atoms with E-state index in [0.717, 1.165) is 43.6 Å². The van der Waals surface area contributed by atoms with Crippen LogP contribution in [0.2, 0.25) is 0 Å². The largest absolute Gasteiger partial charge is 0.493 e. The molecule has 0 radical (unpaired) electrons. The zero-order valence-electron chi connectivity index (χ0n) is 19.2. The summed E-state index contributed by atoms with van der Waals surface area (Å²) in [7, 11) is 3.09. The lowest BCUT2D eigenvalue weighted by Gasteiger charge is -2.27. The fourth-order valence-electron chi connectivity index (χ4n) is 4.33. The van der Waals surface area contributed by atoms with Crippen LogP contribution in [0.3, 0.4) is 0 Å². The van der Waals surface area contributed by atoms with Gasteiger partial charge in [-0.2, -0.15) is 0 Å². The molecule has 6 nitrogen and oxygen atoms in total. The van der Waals surface area contributed by atoms with Crippen molar-refractivity contribution in [3.8, 4) is 17.2 Å².